The fourth-order valence-corrected chi connectivity index (χ4v) is 1.45. The Balaban J connectivity index is 3.92. The maximum atomic E-state index is 9.05. The SMILES string of the molecule is C=C(O)CC(CC)C[N+](C)(C)C. The van der Waals surface area contributed by atoms with Crippen LogP contribution >= 0.6 is 0 Å². The minimum atomic E-state index is 0.315. The van der Waals surface area contributed by atoms with E-state index in [1.165, 1.54) is 0 Å². The van der Waals surface area contributed by atoms with E-state index < -0.39 is 0 Å². The third-order valence-electron chi connectivity index (χ3n) is 1.91. The maximum Gasteiger partial charge on any atom is 0.0856 e. The van der Waals surface area contributed by atoms with Crippen LogP contribution in [0.5, 0.6) is 0 Å². The number of nitrogens with zero attached hydrogens (tertiary/aromatic N) is 1. The molecule has 0 rings (SSSR count). The second-order valence-corrected chi connectivity index (χ2v) is 4.52. The predicted octanol–water partition coefficient (Wildman–Crippen LogP) is 2.18. The first-order valence-electron chi connectivity index (χ1n) is 4.52. The Hall–Kier alpha value is -0.500. The lowest BCUT2D eigenvalue weighted by atomic mass is 10.0. The van der Waals surface area contributed by atoms with Gasteiger partial charge in [-0.3, -0.25) is 0 Å². The van der Waals surface area contributed by atoms with Gasteiger partial charge < -0.3 is 9.59 Å². The third-order valence-corrected chi connectivity index (χ3v) is 1.91. The summed E-state index contributed by atoms with van der Waals surface area (Å²) >= 11 is 0. The van der Waals surface area contributed by atoms with Gasteiger partial charge in [-0.15, -0.1) is 0 Å². The van der Waals surface area contributed by atoms with Crippen molar-refractivity contribution in [2.24, 2.45) is 5.92 Å². The molecule has 0 radical (unpaired) electrons. The lowest BCUT2D eigenvalue weighted by molar-refractivity contribution is -0.873. The molecule has 0 heterocycles. The summed E-state index contributed by atoms with van der Waals surface area (Å²) in [6.45, 7) is 6.77. The molecule has 1 unspecified atom stereocenters. The zero-order chi connectivity index (χ0) is 9.78. The van der Waals surface area contributed by atoms with Crippen LogP contribution in [0, 0.1) is 5.92 Å². The van der Waals surface area contributed by atoms with Crippen LogP contribution in [0.3, 0.4) is 0 Å². The third kappa shape index (κ3) is 6.23. The molecule has 0 aromatic carbocycles. The number of rotatable bonds is 5. The Morgan fingerprint density at radius 3 is 2.17 bits per heavy atom. The van der Waals surface area contributed by atoms with Gasteiger partial charge >= 0.3 is 0 Å². The molecule has 0 aliphatic carbocycles. The van der Waals surface area contributed by atoms with Gasteiger partial charge in [-0.2, -0.15) is 0 Å². The Morgan fingerprint density at radius 1 is 1.42 bits per heavy atom. The standard InChI is InChI=1S/C10H21NO/c1-6-10(7-9(2)12)8-11(3,4)5/h10H,2,6-8H2,1,3-5H3/p+1. The summed E-state index contributed by atoms with van der Waals surface area (Å²) in [7, 11) is 6.51. The number of aliphatic hydroxyl groups excluding tert-OH is 1. The van der Waals surface area contributed by atoms with Crippen molar-refractivity contribution in [3.63, 3.8) is 0 Å². The molecule has 0 saturated carbocycles. The zero-order valence-electron chi connectivity index (χ0n) is 8.80. The number of quaternary nitrogens is 1. The normalized spacial score (nSPS) is 14.3. The van der Waals surface area contributed by atoms with Gasteiger partial charge in [-0.05, 0) is 6.42 Å². The summed E-state index contributed by atoms with van der Waals surface area (Å²) in [4.78, 5) is 0. The minimum Gasteiger partial charge on any atom is -0.513 e. The van der Waals surface area contributed by atoms with E-state index >= 15 is 0 Å². The van der Waals surface area contributed by atoms with Crippen molar-refractivity contribution >= 4 is 0 Å². The quantitative estimate of drug-likeness (QED) is 0.498. The van der Waals surface area contributed by atoms with Crippen molar-refractivity contribution in [3.8, 4) is 0 Å². The number of aliphatic hydroxyl groups is 1. The molecule has 0 aromatic heterocycles. The van der Waals surface area contributed by atoms with E-state index in [1.54, 1.807) is 0 Å². The Bertz CT molecular complexity index is 146. The molecular weight excluding hydrogens is 150 g/mol. The Kier molecular flexibility index (Phi) is 4.32. The molecule has 2 heteroatoms. The molecule has 2 nitrogen and oxygen atoms in total. The van der Waals surface area contributed by atoms with Gasteiger partial charge in [-0.1, -0.05) is 13.5 Å². The van der Waals surface area contributed by atoms with Crippen LogP contribution in [0.1, 0.15) is 19.8 Å². The van der Waals surface area contributed by atoms with Crippen LogP contribution in [-0.4, -0.2) is 37.3 Å². The van der Waals surface area contributed by atoms with Crippen molar-refractivity contribution in [2.45, 2.75) is 19.8 Å². The Morgan fingerprint density at radius 2 is 1.92 bits per heavy atom. The highest BCUT2D eigenvalue weighted by molar-refractivity contribution is 4.81. The van der Waals surface area contributed by atoms with E-state index in [0.717, 1.165) is 23.9 Å². The van der Waals surface area contributed by atoms with Crippen LogP contribution in [0.25, 0.3) is 0 Å². The topological polar surface area (TPSA) is 20.2 Å². The van der Waals surface area contributed by atoms with Gasteiger partial charge in [0.15, 0.2) is 0 Å². The highest BCUT2D eigenvalue weighted by atomic mass is 16.3. The van der Waals surface area contributed by atoms with Crippen molar-refractivity contribution in [1.29, 1.82) is 0 Å². The Labute approximate surface area is 76.1 Å². The van der Waals surface area contributed by atoms with Gasteiger partial charge in [0.1, 0.15) is 0 Å². The molecule has 72 valence electrons. The summed E-state index contributed by atoms with van der Waals surface area (Å²) < 4.78 is 0.950. The highest BCUT2D eigenvalue weighted by Gasteiger charge is 2.16. The monoisotopic (exact) mass is 172 g/mol. The van der Waals surface area contributed by atoms with Crippen LogP contribution in [-0.2, 0) is 0 Å². The number of hydrogen-bond acceptors (Lipinski definition) is 1. The van der Waals surface area contributed by atoms with Gasteiger partial charge in [-0.25, -0.2) is 0 Å². The number of allylic oxidation sites excluding steroid dienone is 1. The van der Waals surface area contributed by atoms with E-state index in [1.807, 2.05) is 0 Å². The summed E-state index contributed by atoms with van der Waals surface area (Å²) in [5.74, 6) is 0.873. The second kappa shape index (κ2) is 4.51. The summed E-state index contributed by atoms with van der Waals surface area (Å²) in [5.41, 5.74) is 0. The first-order valence-corrected chi connectivity index (χ1v) is 4.52. The lowest BCUT2D eigenvalue weighted by Crippen LogP contribution is -2.39. The molecule has 12 heavy (non-hydrogen) atoms. The molecule has 0 bridgehead atoms. The second-order valence-electron chi connectivity index (χ2n) is 4.52. The van der Waals surface area contributed by atoms with E-state index in [-0.39, 0.29) is 0 Å². The molecule has 1 N–H and O–H groups in total. The summed E-state index contributed by atoms with van der Waals surface area (Å²) in [6.07, 6.45) is 1.85. The van der Waals surface area contributed by atoms with E-state index in [9.17, 15) is 0 Å². The van der Waals surface area contributed by atoms with E-state index in [2.05, 4.69) is 34.6 Å². The fourth-order valence-electron chi connectivity index (χ4n) is 1.45. The van der Waals surface area contributed by atoms with Gasteiger partial charge in [0.2, 0.25) is 0 Å². The molecule has 0 amide bonds. The molecule has 0 aromatic rings. The van der Waals surface area contributed by atoms with Crippen molar-refractivity contribution in [1.82, 2.24) is 0 Å². The van der Waals surface area contributed by atoms with E-state index in [4.69, 9.17) is 5.11 Å². The van der Waals surface area contributed by atoms with Gasteiger partial charge in [0.25, 0.3) is 0 Å². The highest BCUT2D eigenvalue weighted by Crippen LogP contribution is 2.15. The lowest BCUT2D eigenvalue weighted by Gasteiger charge is -2.28. The summed E-state index contributed by atoms with van der Waals surface area (Å²) in [6, 6.07) is 0. The maximum absolute atomic E-state index is 9.05. The van der Waals surface area contributed by atoms with Crippen molar-refractivity contribution in [2.75, 3.05) is 27.7 Å². The van der Waals surface area contributed by atoms with Crippen LogP contribution < -0.4 is 0 Å². The fraction of sp³-hybridized carbons (Fsp3) is 0.800. The first kappa shape index (κ1) is 11.5. The van der Waals surface area contributed by atoms with Crippen molar-refractivity contribution in [3.05, 3.63) is 12.3 Å². The average Bonchev–Trinajstić information content (AvgIpc) is 1.82. The van der Waals surface area contributed by atoms with Crippen LogP contribution in [0.2, 0.25) is 0 Å². The first-order chi connectivity index (χ1) is 5.35. The van der Waals surface area contributed by atoms with Gasteiger partial charge in [0.05, 0.1) is 33.4 Å². The molecule has 0 aliphatic rings. The molecule has 0 fully saturated rings. The predicted molar refractivity (Wildman–Crippen MR) is 53.1 cm³/mol. The average molecular weight is 172 g/mol. The minimum absolute atomic E-state index is 0.315. The summed E-state index contributed by atoms with van der Waals surface area (Å²) in [5, 5.41) is 9.05. The number of hydrogen-bond donors (Lipinski definition) is 1. The van der Waals surface area contributed by atoms with Crippen LogP contribution in [0.4, 0.5) is 0 Å². The molecule has 0 saturated heterocycles. The molecule has 0 aliphatic heterocycles. The molecule has 0 spiro atoms. The van der Waals surface area contributed by atoms with Gasteiger partial charge in [0, 0.05) is 12.3 Å². The largest absolute Gasteiger partial charge is 0.513 e. The molecule has 1 atom stereocenters. The van der Waals surface area contributed by atoms with E-state index in [0.29, 0.717) is 11.7 Å². The van der Waals surface area contributed by atoms with Crippen LogP contribution in [0.15, 0.2) is 12.3 Å². The smallest absolute Gasteiger partial charge is 0.0856 e. The zero-order valence-corrected chi connectivity index (χ0v) is 8.80. The van der Waals surface area contributed by atoms with Crippen molar-refractivity contribution < 1.29 is 9.59 Å². The molecular formula is C10H22NO+.